The Morgan fingerprint density at radius 1 is 1.23 bits per heavy atom. The second-order valence-corrected chi connectivity index (χ2v) is 3.52. The predicted molar refractivity (Wildman–Crippen MR) is 53.3 cm³/mol. The first kappa shape index (κ1) is 8.52. The molecule has 1 unspecified atom stereocenters. The van der Waals surface area contributed by atoms with Crippen LogP contribution in [0, 0.1) is 5.92 Å². The summed E-state index contributed by atoms with van der Waals surface area (Å²) in [7, 11) is 0. The predicted octanol–water partition coefficient (Wildman–Crippen LogP) is 2.69. The minimum absolute atomic E-state index is 0.319. The molecule has 0 heterocycles. The Kier molecular flexibility index (Phi) is 2.46. The number of rotatable bonds is 2. The maximum atomic E-state index is 9.97. The van der Waals surface area contributed by atoms with Crippen molar-refractivity contribution >= 4 is 0 Å². The van der Waals surface area contributed by atoms with E-state index in [-0.39, 0.29) is 6.10 Å². The first-order valence-corrected chi connectivity index (χ1v) is 4.77. The Morgan fingerprint density at radius 3 is 2.62 bits per heavy atom. The third kappa shape index (κ3) is 1.81. The van der Waals surface area contributed by atoms with E-state index in [9.17, 15) is 5.11 Å². The summed E-state index contributed by atoms with van der Waals surface area (Å²) in [5, 5.41) is 9.97. The Hall–Kier alpha value is -1.08. The third-order valence-electron chi connectivity index (χ3n) is 2.60. The third-order valence-corrected chi connectivity index (χ3v) is 2.60. The monoisotopic (exact) mass is 174 g/mol. The van der Waals surface area contributed by atoms with Gasteiger partial charge in [0.25, 0.3) is 0 Å². The average Bonchev–Trinajstić information content (AvgIpc) is 2.71. The van der Waals surface area contributed by atoms with Gasteiger partial charge in [-0.1, -0.05) is 42.5 Å². The fourth-order valence-electron chi connectivity index (χ4n) is 1.82. The first-order chi connectivity index (χ1) is 6.38. The van der Waals surface area contributed by atoms with Crippen molar-refractivity contribution in [2.24, 2.45) is 5.92 Å². The number of aliphatic hydroxyl groups excluding tert-OH is 1. The summed E-state index contributed by atoms with van der Waals surface area (Å²) in [6.07, 6.45) is 6.14. The lowest BCUT2D eigenvalue weighted by atomic mass is 9.95. The summed E-state index contributed by atoms with van der Waals surface area (Å²) in [6.45, 7) is 0. The van der Waals surface area contributed by atoms with Crippen molar-refractivity contribution in [3.8, 4) is 0 Å². The van der Waals surface area contributed by atoms with Crippen molar-refractivity contribution in [2.45, 2.75) is 18.9 Å². The molecule has 1 heteroatoms. The van der Waals surface area contributed by atoms with Crippen LogP contribution in [0.15, 0.2) is 42.5 Å². The smallest absolute Gasteiger partial charge is 0.0852 e. The van der Waals surface area contributed by atoms with Gasteiger partial charge >= 0.3 is 0 Å². The van der Waals surface area contributed by atoms with Crippen LogP contribution in [0.3, 0.4) is 0 Å². The van der Waals surface area contributed by atoms with Gasteiger partial charge in [-0.2, -0.15) is 0 Å². The Morgan fingerprint density at radius 2 is 2.00 bits per heavy atom. The lowest BCUT2D eigenvalue weighted by molar-refractivity contribution is 0.131. The number of hydrogen-bond acceptors (Lipinski definition) is 1. The van der Waals surface area contributed by atoms with Crippen molar-refractivity contribution < 1.29 is 5.11 Å². The molecule has 68 valence electrons. The molecule has 1 nitrogen and oxygen atoms in total. The quantitative estimate of drug-likeness (QED) is 0.683. The topological polar surface area (TPSA) is 20.2 Å². The second kappa shape index (κ2) is 3.75. The maximum absolute atomic E-state index is 9.97. The van der Waals surface area contributed by atoms with Crippen molar-refractivity contribution in [1.29, 1.82) is 0 Å². The van der Waals surface area contributed by atoms with E-state index >= 15 is 0 Å². The van der Waals surface area contributed by atoms with Crippen LogP contribution < -0.4 is 0 Å². The highest BCUT2D eigenvalue weighted by Gasteiger charge is 2.19. The second-order valence-electron chi connectivity index (χ2n) is 3.52. The van der Waals surface area contributed by atoms with Crippen LogP contribution >= 0.6 is 0 Å². The zero-order chi connectivity index (χ0) is 9.10. The van der Waals surface area contributed by atoms with Crippen LogP contribution in [-0.2, 0) is 0 Å². The van der Waals surface area contributed by atoms with Crippen molar-refractivity contribution in [1.82, 2.24) is 0 Å². The summed E-state index contributed by atoms with van der Waals surface area (Å²) >= 11 is 0. The molecule has 0 saturated heterocycles. The van der Waals surface area contributed by atoms with Crippen molar-refractivity contribution in [3.05, 3.63) is 48.0 Å². The molecule has 1 aliphatic carbocycles. The van der Waals surface area contributed by atoms with E-state index in [1.165, 1.54) is 0 Å². The lowest BCUT2D eigenvalue weighted by Crippen LogP contribution is -2.07. The van der Waals surface area contributed by atoms with E-state index in [1.54, 1.807) is 0 Å². The number of hydrogen-bond donors (Lipinski definition) is 1. The molecule has 1 N–H and O–H groups in total. The van der Waals surface area contributed by atoms with Crippen LogP contribution in [0.25, 0.3) is 0 Å². The van der Waals surface area contributed by atoms with Gasteiger partial charge in [-0.25, -0.2) is 0 Å². The highest BCUT2D eigenvalue weighted by atomic mass is 16.3. The summed E-state index contributed by atoms with van der Waals surface area (Å²) in [5.74, 6) is 0.322. The van der Waals surface area contributed by atoms with E-state index in [4.69, 9.17) is 0 Å². The van der Waals surface area contributed by atoms with E-state index in [1.807, 2.05) is 30.3 Å². The molecule has 0 bridgehead atoms. The van der Waals surface area contributed by atoms with Crippen molar-refractivity contribution in [3.63, 3.8) is 0 Å². The molecule has 0 spiro atoms. The van der Waals surface area contributed by atoms with Crippen LogP contribution in [0.1, 0.15) is 24.5 Å². The number of allylic oxidation sites excluding steroid dienone is 1. The van der Waals surface area contributed by atoms with E-state index < -0.39 is 0 Å². The van der Waals surface area contributed by atoms with Gasteiger partial charge in [0.1, 0.15) is 0 Å². The summed E-state index contributed by atoms with van der Waals surface area (Å²) < 4.78 is 0. The molecule has 2 rings (SSSR count). The molecule has 0 saturated carbocycles. The molecule has 1 aromatic carbocycles. The Labute approximate surface area is 78.7 Å². The van der Waals surface area contributed by atoms with Gasteiger partial charge in [-0.15, -0.1) is 0 Å². The molecule has 0 radical (unpaired) electrons. The molecular weight excluding hydrogens is 160 g/mol. The van der Waals surface area contributed by atoms with Gasteiger partial charge in [0.05, 0.1) is 6.10 Å². The fourth-order valence-corrected chi connectivity index (χ4v) is 1.82. The maximum Gasteiger partial charge on any atom is 0.0852 e. The van der Waals surface area contributed by atoms with E-state index in [0.29, 0.717) is 5.92 Å². The molecule has 13 heavy (non-hydrogen) atoms. The zero-order valence-electron chi connectivity index (χ0n) is 7.56. The van der Waals surface area contributed by atoms with Gasteiger partial charge in [0, 0.05) is 5.92 Å². The van der Waals surface area contributed by atoms with Gasteiger partial charge in [-0.05, 0) is 18.4 Å². The Bertz CT molecular complexity index is 289. The largest absolute Gasteiger partial charge is 0.388 e. The van der Waals surface area contributed by atoms with Crippen molar-refractivity contribution in [2.75, 3.05) is 0 Å². The SMILES string of the molecule is O[C@@H](c1ccccc1)C1C=CCC1. The molecule has 2 atom stereocenters. The fraction of sp³-hybridized carbons (Fsp3) is 0.333. The van der Waals surface area contributed by atoms with Crippen LogP contribution in [0.5, 0.6) is 0 Å². The minimum Gasteiger partial charge on any atom is -0.388 e. The molecule has 0 amide bonds. The normalized spacial score (nSPS) is 23.3. The van der Waals surface area contributed by atoms with Crippen LogP contribution in [0.2, 0.25) is 0 Å². The van der Waals surface area contributed by atoms with Crippen LogP contribution in [0.4, 0.5) is 0 Å². The number of benzene rings is 1. The summed E-state index contributed by atoms with van der Waals surface area (Å²) in [5.41, 5.74) is 1.03. The first-order valence-electron chi connectivity index (χ1n) is 4.77. The van der Waals surface area contributed by atoms with Gasteiger partial charge in [-0.3, -0.25) is 0 Å². The van der Waals surface area contributed by atoms with Gasteiger partial charge < -0.3 is 5.11 Å². The summed E-state index contributed by atoms with van der Waals surface area (Å²) in [4.78, 5) is 0. The molecular formula is C12H14O. The standard InChI is InChI=1S/C12H14O/c13-12(11-8-4-5-9-11)10-6-2-1-3-7-10/h1-4,6-8,11-13H,5,9H2/t11?,12-/m0/s1. The molecule has 0 aromatic heterocycles. The van der Waals surface area contributed by atoms with Gasteiger partial charge in [0.15, 0.2) is 0 Å². The lowest BCUT2D eigenvalue weighted by Gasteiger charge is -2.16. The van der Waals surface area contributed by atoms with Crippen LogP contribution in [-0.4, -0.2) is 5.11 Å². The highest BCUT2D eigenvalue weighted by Crippen LogP contribution is 2.30. The molecule has 0 aliphatic heterocycles. The minimum atomic E-state index is -0.319. The molecule has 1 aromatic rings. The molecule has 1 aliphatic rings. The highest BCUT2D eigenvalue weighted by molar-refractivity contribution is 5.20. The van der Waals surface area contributed by atoms with E-state index in [0.717, 1.165) is 18.4 Å². The zero-order valence-corrected chi connectivity index (χ0v) is 7.56. The molecule has 0 fully saturated rings. The summed E-state index contributed by atoms with van der Waals surface area (Å²) in [6, 6.07) is 9.88. The van der Waals surface area contributed by atoms with E-state index in [2.05, 4.69) is 12.2 Å². The average molecular weight is 174 g/mol. The number of aliphatic hydroxyl groups is 1. The van der Waals surface area contributed by atoms with Gasteiger partial charge in [0.2, 0.25) is 0 Å². The Balaban J connectivity index is 2.13.